The highest BCUT2D eigenvalue weighted by Gasteiger charge is 2.54. The molecule has 6 nitrogen and oxygen atoms in total. The molecule has 2 N–H and O–H groups in total. The molecule has 0 radical (unpaired) electrons. The van der Waals surface area contributed by atoms with Gasteiger partial charge in [-0.2, -0.15) is 0 Å². The quantitative estimate of drug-likeness (QED) is 0.508. The summed E-state index contributed by atoms with van der Waals surface area (Å²) in [7, 11) is -3.65. The number of benzene rings is 1. The van der Waals surface area contributed by atoms with Crippen LogP contribution in [-0.2, 0) is 16.4 Å². The fourth-order valence-corrected chi connectivity index (χ4v) is 6.10. The van der Waals surface area contributed by atoms with Crippen LogP contribution in [0.5, 0.6) is 0 Å². The van der Waals surface area contributed by atoms with Gasteiger partial charge in [0.15, 0.2) is 0 Å². The summed E-state index contributed by atoms with van der Waals surface area (Å²) in [6.45, 7) is 1.78. The van der Waals surface area contributed by atoms with Crippen molar-refractivity contribution in [3.05, 3.63) is 63.0 Å². The van der Waals surface area contributed by atoms with Crippen LogP contribution < -0.4 is 4.72 Å². The van der Waals surface area contributed by atoms with Crippen molar-refractivity contribution in [1.29, 1.82) is 0 Å². The lowest BCUT2D eigenvalue weighted by Gasteiger charge is -2.21. The molecular weight excluding hydrogens is 478 g/mol. The number of imidazole rings is 1. The van der Waals surface area contributed by atoms with Crippen LogP contribution in [0.3, 0.4) is 0 Å². The smallest absolute Gasteiger partial charge is 0.238 e. The normalized spacial score (nSPS) is 15.6. The van der Waals surface area contributed by atoms with Gasteiger partial charge in [0, 0.05) is 41.1 Å². The number of hydrogen-bond acceptors (Lipinski definition) is 4. The number of rotatable bonds is 7. The molecule has 1 saturated carbocycles. The Labute approximate surface area is 183 Å². The van der Waals surface area contributed by atoms with Gasteiger partial charge in [-0.25, -0.2) is 13.4 Å². The van der Waals surface area contributed by atoms with Crippen molar-refractivity contribution in [3.8, 4) is 0 Å². The van der Waals surface area contributed by atoms with Gasteiger partial charge in [0.25, 0.3) is 0 Å². The molecule has 4 rings (SSSR count). The summed E-state index contributed by atoms with van der Waals surface area (Å²) in [6, 6.07) is 5.66. The fraction of sp³-hybridized carbons (Fsp3) is 0.350. The van der Waals surface area contributed by atoms with E-state index in [-0.39, 0.29) is 13.0 Å². The minimum Gasteiger partial charge on any atom is -0.396 e. The van der Waals surface area contributed by atoms with Crippen LogP contribution in [0.25, 0.3) is 5.65 Å². The molecule has 1 aliphatic carbocycles. The van der Waals surface area contributed by atoms with Crippen LogP contribution in [0.1, 0.15) is 36.0 Å². The molecule has 154 valence electrons. The van der Waals surface area contributed by atoms with Gasteiger partial charge < -0.3 is 9.51 Å². The summed E-state index contributed by atoms with van der Waals surface area (Å²) in [5.41, 5.74) is 3.90. The van der Waals surface area contributed by atoms with Gasteiger partial charge in [-0.05, 0) is 55.0 Å². The minimum atomic E-state index is -3.65. The van der Waals surface area contributed by atoms with E-state index < -0.39 is 14.8 Å². The predicted octanol–water partition coefficient (Wildman–Crippen LogP) is 4.31. The summed E-state index contributed by atoms with van der Waals surface area (Å²) in [5.74, 6) is 0. The average Bonchev–Trinajstić information content (AvgIpc) is 3.30. The standard InChI is InChI=1S/C20H21BrClN3O3S/c1-13-16(10-14-2-3-15(21)11-17(14)22)18(12-25-8-7-23-19(13)25)24-29(27,28)20(4-5-20)6-9-26/h2-3,7-8,11-12,24,26H,4-6,9-10H2,1H3. The lowest BCUT2D eigenvalue weighted by molar-refractivity contribution is 0.283. The van der Waals surface area contributed by atoms with Crippen molar-refractivity contribution in [1.82, 2.24) is 9.38 Å². The number of nitrogens with one attached hydrogen (secondary N) is 1. The molecule has 0 spiro atoms. The summed E-state index contributed by atoms with van der Waals surface area (Å²) in [6.07, 6.45) is 7.05. The molecule has 2 aromatic heterocycles. The molecular formula is C20H21BrClN3O3S. The fourth-order valence-electron chi connectivity index (χ4n) is 3.68. The molecule has 3 aromatic rings. The molecule has 9 heteroatoms. The number of nitrogens with zero attached hydrogens (tertiary/aromatic N) is 2. The zero-order valence-electron chi connectivity index (χ0n) is 15.8. The Morgan fingerprint density at radius 1 is 1.38 bits per heavy atom. The van der Waals surface area contributed by atoms with Crippen molar-refractivity contribution < 1.29 is 13.5 Å². The summed E-state index contributed by atoms with van der Waals surface area (Å²) in [4.78, 5) is 4.40. The van der Waals surface area contributed by atoms with Crippen molar-refractivity contribution in [2.45, 2.75) is 37.4 Å². The Balaban J connectivity index is 1.79. The van der Waals surface area contributed by atoms with Gasteiger partial charge in [-0.1, -0.05) is 33.6 Å². The first-order valence-electron chi connectivity index (χ1n) is 9.29. The highest BCUT2D eigenvalue weighted by atomic mass is 79.9. The Morgan fingerprint density at radius 3 is 2.79 bits per heavy atom. The molecule has 0 aliphatic heterocycles. The number of fused-ring (bicyclic) bond motifs is 1. The van der Waals surface area contributed by atoms with E-state index in [4.69, 9.17) is 11.6 Å². The van der Waals surface area contributed by atoms with Crippen molar-refractivity contribution in [3.63, 3.8) is 0 Å². The summed E-state index contributed by atoms with van der Waals surface area (Å²) in [5, 5.41) is 9.91. The highest BCUT2D eigenvalue weighted by molar-refractivity contribution is 9.10. The molecule has 0 bridgehead atoms. The molecule has 0 saturated heterocycles. The minimum absolute atomic E-state index is 0.151. The highest BCUT2D eigenvalue weighted by Crippen LogP contribution is 2.47. The van der Waals surface area contributed by atoms with E-state index in [1.54, 1.807) is 18.6 Å². The van der Waals surface area contributed by atoms with E-state index in [1.807, 2.05) is 29.5 Å². The zero-order valence-corrected chi connectivity index (χ0v) is 19.0. The maximum absolute atomic E-state index is 13.1. The summed E-state index contributed by atoms with van der Waals surface area (Å²) < 4.78 is 30.8. The van der Waals surface area contributed by atoms with Crippen LogP contribution in [0, 0.1) is 6.92 Å². The van der Waals surface area contributed by atoms with Crippen LogP contribution in [0.15, 0.2) is 41.3 Å². The van der Waals surface area contributed by atoms with E-state index in [0.717, 1.165) is 26.8 Å². The summed E-state index contributed by atoms with van der Waals surface area (Å²) >= 11 is 9.83. The maximum Gasteiger partial charge on any atom is 0.238 e. The van der Waals surface area contributed by atoms with Gasteiger partial charge in [-0.15, -0.1) is 0 Å². The zero-order chi connectivity index (χ0) is 20.8. The maximum atomic E-state index is 13.1. The molecule has 0 amide bonds. The molecule has 1 aromatic carbocycles. The Morgan fingerprint density at radius 2 is 2.14 bits per heavy atom. The molecule has 1 aliphatic rings. The number of halogens is 2. The monoisotopic (exact) mass is 497 g/mol. The second kappa shape index (κ2) is 7.58. The van der Waals surface area contributed by atoms with E-state index in [1.165, 1.54) is 0 Å². The number of hydrogen-bond donors (Lipinski definition) is 2. The molecule has 29 heavy (non-hydrogen) atoms. The predicted molar refractivity (Wildman–Crippen MR) is 118 cm³/mol. The van der Waals surface area contributed by atoms with Crippen molar-refractivity contribution in [2.24, 2.45) is 0 Å². The van der Waals surface area contributed by atoms with Crippen LogP contribution in [0.4, 0.5) is 5.69 Å². The first-order valence-corrected chi connectivity index (χ1v) is 11.9. The number of pyridine rings is 1. The van der Waals surface area contributed by atoms with E-state index >= 15 is 0 Å². The third kappa shape index (κ3) is 3.79. The van der Waals surface area contributed by atoms with Crippen LogP contribution in [-0.4, -0.2) is 34.3 Å². The number of aromatic nitrogens is 2. The van der Waals surface area contributed by atoms with E-state index in [0.29, 0.717) is 30.0 Å². The third-order valence-electron chi connectivity index (χ3n) is 5.62. The second-order valence-corrected chi connectivity index (χ2v) is 10.9. The molecule has 2 heterocycles. The second-order valence-electron chi connectivity index (χ2n) is 7.48. The van der Waals surface area contributed by atoms with Crippen molar-refractivity contribution >= 4 is 48.9 Å². The molecule has 1 fully saturated rings. The van der Waals surface area contributed by atoms with Gasteiger partial charge in [0.1, 0.15) is 5.65 Å². The van der Waals surface area contributed by atoms with E-state index in [9.17, 15) is 13.5 Å². The van der Waals surface area contributed by atoms with E-state index in [2.05, 4.69) is 25.6 Å². The number of anilines is 1. The van der Waals surface area contributed by atoms with Gasteiger partial charge in [0.05, 0.1) is 10.4 Å². The van der Waals surface area contributed by atoms with Crippen LogP contribution in [0.2, 0.25) is 5.02 Å². The van der Waals surface area contributed by atoms with Gasteiger partial charge >= 0.3 is 0 Å². The number of aliphatic hydroxyl groups excluding tert-OH is 1. The lowest BCUT2D eigenvalue weighted by Crippen LogP contribution is -2.31. The number of aryl methyl sites for hydroxylation is 1. The van der Waals surface area contributed by atoms with Gasteiger partial charge in [-0.3, -0.25) is 4.72 Å². The van der Waals surface area contributed by atoms with Crippen LogP contribution >= 0.6 is 27.5 Å². The number of sulfonamides is 1. The first-order chi connectivity index (χ1) is 13.8. The van der Waals surface area contributed by atoms with Crippen molar-refractivity contribution in [2.75, 3.05) is 11.3 Å². The topological polar surface area (TPSA) is 83.7 Å². The third-order valence-corrected chi connectivity index (χ3v) is 8.71. The van der Waals surface area contributed by atoms with Gasteiger partial charge in [0.2, 0.25) is 10.0 Å². The Bertz CT molecular complexity index is 1190. The Kier molecular flexibility index (Phi) is 5.40. The number of aliphatic hydroxyl groups is 1. The molecule has 0 unspecified atom stereocenters. The first kappa shape index (κ1) is 20.7. The molecule has 0 atom stereocenters. The average molecular weight is 499 g/mol. The Hall–Kier alpha value is -1.61. The lowest BCUT2D eigenvalue weighted by atomic mass is 10.0. The largest absolute Gasteiger partial charge is 0.396 e. The SMILES string of the molecule is Cc1c(Cc2ccc(Br)cc2Cl)c(NS(=O)(=O)C2(CCO)CC2)cn2ccnc12.